The van der Waals surface area contributed by atoms with Gasteiger partial charge in [0.05, 0.1) is 10.2 Å². The molecular weight excluding hydrogens is 328 g/mol. The quantitative estimate of drug-likeness (QED) is 0.927. The fraction of sp³-hybridized carbons (Fsp3) is 0.308. The number of nitrogens with zero attached hydrogens (tertiary/aromatic N) is 1. The van der Waals surface area contributed by atoms with Crippen molar-refractivity contribution in [2.24, 2.45) is 0 Å². The second kappa shape index (κ2) is 5.11. The van der Waals surface area contributed by atoms with Crippen LogP contribution in [-0.4, -0.2) is 18.8 Å². The molecule has 0 amide bonds. The Kier molecular flexibility index (Phi) is 3.47. The van der Waals surface area contributed by atoms with Gasteiger partial charge in [-0.3, -0.25) is 0 Å². The van der Waals surface area contributed by atoms with Crippen molar-refractivity contribution in [2.75, 3.05) is 13.8 Å². The molecule has 0 fully saturated rings. The molecule has 0 spiro atoms. The van der Waals surface area contributed by atoms with E-state index >= 15 is 0 Å². The number of thiazole rings is 1. The SMILES string of the molecule is CNC(C)c1csc(-c2cc(Br)c3c(c2)OCO3)n1. The van der Waals surface area contributed by atoms with Gasteiger partial charge >= 0.3 is 0 Å². The number of halogens is 1. The number of rotatable bonds is 3. The molecule has 1 N–H and O–H groups in total. The highest BCUT2D eigenvalue weighted by atomic mass is 79.9. The molecule has 0 aliphatic carbocycles. The largest absolute Gasteiger partial charge is 0.454 e. The summed E-state index contributed by atoms with van der Waals surface area (Å²) < 4.78 is 11.7. The summed E-state index contributed by atoms with van der Waals surface area (Å²) in [5.74, 6) is 1.53. The van der Waals surface area contributed by atoms with Crippen LogP contribution < -0.4 is 14.8 Å². The van der Waals surface area contributed by atoms with Crippen molar-refractivity contribution in [3.8, 4) is 22.1 Å². The van der Waals surface area contributed by atoms with Gasteiger partial charge in [-0.15, -0.1) is 11.3 Å². The topological polar surface area (TPSA) is 43.4 Å². The third kappa shape index (κ3) is 2.35. The molecule has 0 radical (unpaired) electrons. The molecule has 1 atom stereocenters. The van der Waals surface area contributed by atoms with Crippen molar-refractivity contribution < 1.29 is 9.47 Å². The summed E-state index contributed by atoms with van der Waals surface area (Å²) >= 11 is 5.14. The maximum atomic E-state index is 5.43. The fourth-order valence-corrected chi connectivity index (χ4v) is 3.31. The Bertz CT molecular complexity index is 615. The second-order valence-electron chi connectivity index (χ2n) is 4.28. The summed E-state index contributed by atoms with van der Waals surface area (Å²) in [6.45, 7) is 2.37. The van der Waals surface area contributed by atoms with Crippen LogP contribution in [0.15, 0.2) is 22.0 Å². The molecule has 0 saturated carbocycles. The lowest BCUT2D eigenvalue weighted by Gasteiger charge is -2.05. The Morgan fingerprint density at radius 1 is 1.42 bits per heavy atom. The fourth-order valence-electron chi connectivity index (χ4n) is 1.86. The average molecular weight is 341 g/mol. The van der Waals surface area contributed by atoms with Gasteiger partial charge in [0.1, 0.15) is 5.01 Å². The number of benzene rings is 1. The van der Waals surface area contributed by atoms with Crippen LogP contribution in [0.4, 0.5) is 0 Å². The van der Waals surface area contributed by atoms with Crippen molar-refractivity contribution in [1.82, 2.24) is 10.3 Å². The lowest BCUT2D eigenvalue weighted by atomic mass is 10.2. The summed E-state index contributed by atoms with van der Waals surface area (Å²) in [6.07, 6.45) is 0. The normalized spacial score (nSPS) is 14.7. The predicted octanol–water partition coefficient (Wildman–Crippen LogP) is 3.58. The first-order valence-electron chi connectivity index (χ1n) is 5.91. The number of fused-ring (bicyclic) bond motifs is 1. The zero-order valence-electron chi connectivity index (χ0n) is 10.6. The monoisotopic (exact) mass is 340 g/mol. The van der Waals surface area contributed by atoms with E-state index in [1.807, 2.05) is 19.2 Å². The lowest BCUT2D eigenvalue weighted by Crippen LogP contribution is -2.12. The third-order valence-corrected chi connectivity index (χ3v) is 4.57. The highest BCUT2D eigenvalue weighted by Gasteiger charge is 2.19. The predicted molar refractivity (Wildman–Crippen MR) is 78.8 cm³/mol. The van der Waals surface area contributed by atoms with Crippen molar-refractivity contribution >= 4 is 27.3 Å². The Morgan fingerprint density at radius 2 is 2.26 bits per heavy atom. The van der Waals surface area contributed by atoms with Crippen LogP contribution in [-0.2, 0) is 0 Å². The van der Waals surface area contributed by atoms with Gasteiger partial charge < -0.3 is 14.8 Å². The molecule has 1 aliphatic rings. The third-order valence-electron chi connectivity index (χ3n) is 3.07. The van der Waals surface area contributed by atoms with E-state index in [1.165, 1.54) is 0 Å². The van der Waals surface area contributed by atoms with E-state index in [1.54, 1.807) is 11.3 Å². The summed E-state index contributed by atoms with van der Waals surface area (Å²) in [7, 11) is 1.93. The molecule has 6 heteroatoms. The molecule has 1 aliphatic heterocycles. The van der Waals surface area contributed by atoms with Crippen LogP contribution in [0.25, 0.3) is 10.6 Å². The molecule has 100 valence electrons. The lowest BCUT2D eigenvalue weighted by molar-refractivity contribution is 0.173. The van der Waals surface area contributed by atoms with E-state index in [9.17, 15) is 0 Å². The molecular formula is C13H13BrN2O2S. The van der Waals surface area contributed by atoms with Crippen LogP contribution in [0.2, 0.25) is 0 Å². The minimum Gasteiger partial charge on any atom is -0.454 e. The van der Waals surface area contributed by atoms with Gasteiger partial charge in [-0.25, -0.2) is 4.98 Å². The second-order valence-corrected chi connectivity index (χ2v) is 5.99. The van der Waals surface area contributed by atoms with E-state index in [2.05, 4.69) is 38.5 Å². The minimum absolute atomic E-state index is 0.252. The van der Waals surface area contributed by atoms with Crippen molar-refractivity contribution in [1.29, 1.82) is 0 Å². The molecule has 4 nitrogen and oxygen atoms in total. The van der Waals surface area contributed by atoms with E-state index < -0.39 is 0 Å². The van der Waals surface area contributed by atoms with Crippen molar-refractivity contribution in [3.63, 3.8) is 0 Å². The van der Waals surface area contributed by atoms with Gasteiger partial charge in [0, 0.05) is 17.0 Å². The van der Waals surface area contributed by atoms with E-state index in [-0.39, 0.29) is 12.8 Å². The van der Waals surface area contributed by atoms with Gasteiger partial charge in [0.2, 0.25) is 6.79 Å². The summed E-state index contributed by atoms with van der Waals surface area (Å²) in [6, 6.07) is 4.24. The Hall–Kier alpha value is -1.11. The Balaban J connectivity index is 1.98. The molecule has 2 heterocycles. The van der Waals surface area contributed by atoms with Crippen LogP contribution in [0.3, 0.4) is 0 Å². The minimum atomic E-state index is 0.252. The highest BCUT2D eigenvalue weighted by molar-refractivity contribution is 9.10. The Labute approximate surface area is 123 Å². The molecule has 1 unspecified atom stereocenters. The van der Waals surface area contributed by atoms with Crippen molar-refractivity contribution in [2.45, 2.75) is 13.0 Å². The summed E-state index contributed by atoms with van der Waals surface area (Å²) in [5.41, 5.74) is 2.09. The number of hydrogen-bond acceptors (Lipinski definition) is 5. The van der Waals surface area contributed by atoms with Gasteiger partial charge in [0.25, 0.3) is 0 Å². The van der Waals surface area contributed by atoms with Crippen LogP contribution in [0, 0.1) is 0 Å². The number of ether oxygens (including phenoxy) is 2. The Morgan fingerprint density at radius 3 is 3.05 bits per heavy atom. The maximum Gasteiger partial charge on any atom is 0.231 e. The summed E-state index contributed by atoms with van der Waals surface area (Å²) in [5, 5.41) is 6.25. The molecule has 1 aromatic heterocycles. The van der Waals surface area contributed by atoms with Crippen LogP contribution in [0.5, 0.6) is 11.5 Å². The molecule has 2 aromatic rings. The zero-order valence-corrected chi connectivity index (χ0v) is 13.0. The molecule has 3 rings (SSSR count). The van der Waals surface area contributed by atoms with Gasteiger partial charge in [-0.1, -0.05) is 0 Å². The van der Waals surface area contributed by atoms with Gasteiger partial charge in [0.15, 0.2) is 11.5 Å². The van der Waals surface area contributed by atoms with Crippen LogP contribution in [0.1, 0.15) is 18.7 Å². The number of aromatic nitrogens is 1. The number of hydrogen-bond donors (Lipinski definition) is 1. The zero-order chi connectivity index (χ0) is 13.4. The van der Waals surface area contributed by atoms with E-state index in [0.717, 1.165) is 32.2 Å². The van der Waals surface area contributed by atoms with Crippen LogP contribution >= 0.6 is 27.3 Å². The first-order valence-corrected chi connectivity index (χ1v) is 7.58. The highest BCUT2D eigenvalue weighted by Crippen LogP contribution is 2.43. The maximum absolute atomic E-state index is 5.43. The molecule has 1 aromatic carbocycles. The van der Waals surface area contributed by atoms with Gasteiger partial charge in [-0.2, -0.15) is 0 Å². The average Bonchev–Trinajstić information content (AvgIpc) is 3.06. The molecule has 0 saturated heterocycles. The van der Waals surface area contributed by atoms with Crippen molar-refractivity contribution in [3.05, 3.63) is 27.7 Å². The van der Waals surface area contributed by atoms with Gasteiger partial charge in [-0.05, 0) is 42.0 Å². The molecule has 19 heavy (non-hydrogen) atoms. The summed E-state index contributed by atoms with van der Waals surface area (Å²) in [4.78, 5) is 4.66. The smallest absolute Gasteiger partial charge is 0.231 e. The molecule has 0 bridgehead atoms. The first-order chi connectivity index (χ1) is 9.19. The van der Waals surface area contributed by atoms with E-state index in [4.69, 9.17) is 9.47 Å². The number of nitrogens with one attached hydrogen (secondary N) is 1. The first kappa shape index (κ1) is 12.9. The van der Waals surface area contributed by atoms with E-state index in [0.29, 0.717) is 0 Å². The standard InChI is InChI=1S/C13H13BrN2O2S/c1-7(15-2)10-5-19-13(16-10)8-3-9(14)12-11(4-8)17-6-18-12/h3-5,7,15H,6H2,1-2H3.